The number of nitrogens with zero attached hydrogens (tertiary/aromatic N) is 5. The Balaban J connectivity index is 1.83. The zero-order valence-corrected chi connectivity index (χ0v) is 18.0. The van der Waals surface area contributed by atoms with Gasteiger partial charge in [-0.15, -0.1) is 5.10 Å². The van der Waals surface area contributed by atoms with Crippen LogP contribution in [0.15, 0.2) is 29.7 Å². The number of allylic oxidation sites excluding steroid dienone is 1. The van der Waals surface area contributed by atoms with E-state index in [9.17, 15) is 15.4 Å². The Bertz CT molecular complexity index is 1310. The number of methoxy groups -OCH3 is 1. The Labute approximate surface area is 183 Å². The second-order valence-corrected chi connectivity index (χ2v) is 7.50. The smallest absolute Gasteiger partial charge is 0.312 e. The summed E-state index contributed by atoms with van der Waals surface area (Å²) >= 11 is 0. The lowest BCUT2D eigenvalue weighted by atomic mass is 9.83. The highest BCUT2D eigenvalue weighted by atomic mass is 16.6. The molecule has 0 saturated carbocycles. The normalized spacial score (nSPS) is 15.2. The second kappa shape index (κ2) is 7.73. The number of nitrogens with one attached hydrogen (secondary N) is 1. The molecule has 0 fully saturated rings. The van der Waals surface area contributed by atoms with Crippen LogP contribution in [-0.4, -0.2) is 32.0 Å². The van der Waals surface area contributed by atoms with Gasteiger partial charge in [-0.1, -0.05) is 6.07 Å². The molecule has 0 unspecified atom stereocenters. The number of H-pyrrole nitrogens is 1. The highest BCUT2D eigenvalue weighted by Gasteiger charge is 2.34. The fourth-order valence-corrected chi connectivity index (χ4v) is 4.10. The van der Waals surface area contributed by atoms with Crippen molar-refractivity contribution in [2.45, 2.75) is 33.2 Å². The maximum atomic E-state index is 11.4. The van der Waals surface area contributed by atoms with E-state index in [2.05, 4.69) is 21.4 Å². The van der Waals surface area contributed by atoms with Crippen LogP contribution in [0.5, 0.6) is 11.6 Å². The number of nitro groups is 1. The Kier molecular flexibility index (Phi) is 5.06. The van der Waals surface area contributed by atoms with Crippen molar-refractivity contribution in [3.63, 3.8) is 0 Å². The predicted molar refractivity (Wildman–Crippen MR) is 113 cm³/mol. The van der Waals surface area contributed by atoms with Gasteiger partial charge in [-0.05, 0) is 38.5 Å². The SMILES string of the molecule is COc1ccc([C@H]2C(C#N)=C(N)Oc3n[nH]c(C)c32)cc1Cn1nc(C)c([N+](=O)[O-])c1C. The van der Waals surface area contributed by atoms with E-state index in [0.29, 0.717) is 23.0 Å². The summed E-state index contributed by atoms with van der Waals surface area (Å²) in [4.78, 5) is 10.9. The lowest BCUT2D eigenvalue weighted by Crippen LogP contribution is -2.21. The van der Waals surface area contributed by atoms with Gasteiger partial charge in [0.15, 0.2) is 0 Å². The number of aromatic amines is 1. The van der Waals surface area contributed by atoms with Crippen molar-refractivity contribution in [1.82, 2.24) is 20.0 Å². The van der Waals surface area contributed by atoms with Gasteiger partial charge in [0.2, 0.25) is 11.8 Å². The molecule has 1 atom stereocenters. The molecule has 0 amide bonds. The molecule has 11 heteroatoms. The number of ether oxygens (including phenoxy) is 2. The van der Waals surface area contributed by atoms with Crippen molar-refractivity contribution in [1.29, 1.82) is 5.26 Å². The van der Waals surface area contributed by atoms with E-state index in [4.69, 9.17) is 15.2 Å². The van der Waals surface area contributed by atoms with Gasteiger partial charge in [-0.3, -0.25) is 19.9 Å². The van der Waals surface area contributed by atoms with E-state index in [1.807, 2.05) is 19.1 Å². The molecule has 0 saturated heterocycles. The van der Waals surface area contributed by atoms with Crippen LogP contribution in [0.4, 0.5) is 5.69 Å². The Morgan fingerprint density at radius 2 is 2.16 bits per heavy atom. The molecule has 164 valence electrons. The molecule has 0 bridgehead atoms. The third-order valence-corrected chi connectivity index (χ3v) is 5.61. The average Bonchev–Trinajstić information content (AvgIpc) is 3.25. The maximum absolute atomic E-state index is 11.4. The molecule has 1 aromatic carbocycles. The van der Waals surface area contributed by atoms with Crippen molar-refractivity contribution in [3.05, 3.63) is 73.5 Å². The Hall–Kier alpha value is -4.33. The molecule has 3 aromatic rings. The van der Waals surface area contributed by atoms with Crippen LogP contribution in [0.2, 0.25) is 0 Å². The van der Waals surface area contributed by atoms with Crippen LogP contribution < -0.4 is 15.2 Å². The van der Waals surface area contributed by atoms with Gasteiger partial charge in [0.1, 0.15) is 28.8 Å². The molecule has 1 aliphatic rings. The molecule has 0 aliphatic carbocycles. The topological polar surface area (TPSA) is 158 Å². The van der Waals surface area contributed by atoms with E-state index in [0.717, 1.165) is 22.4 Å². The van der Waals surface area contributed by atoms with Crippen LogP contribution >= 0.6 is 0 Å². The lowest BCUT2D eigenvalue weighted by molar-refractivity contribution is -0.386. The predicted octanol–water partition coefficient (Wildman–Crippen LogP) is 2.71. The summed E-state index contributed by atoms with van der Waals surface area (Å²) in [5.74, 6) is 0.441. The molecule has 3 heterocycles. The van der Waals surface area contributed by atoms with Gasteiger partial charge < -0.3 is 15.2 Å². The lowest BCUT2D eigenvalue weighted by Gasteiger charge is -2.24. The van der Waals surface area contributed by atoms with Crippen LogP contribution in [0.1, 0.15) is 39.7 Å². The van der Waals surface area contributed by atoms with Crippen LogP contribution in [0.25, 0.3) is 0 Å². The number of hydrogen-bond acceptors (Lipinski definition) is 8. The monoisotopic (exact) mass is 435 g/mol. The third-order valence-electron chi connectivity index (χ3n) is 5.61. The first-order chi connectivity index (χ1) is 15.3. The highest BCUT2D eigenvalue weighted by molar-refractivity contribution is 5.56. The highest BCUT2D eigenvalue weighted by Crippen LogP contribution is 2.43. The van der Waals surface area contributed by atoms with Crippen molar-refractivity contribution in [2.24, 2.45) is 5.73 Å². The molecule has 3 N–H and O–H groups in total. The minimum atomic E-state index is -0.484. The summed E-state index contributed by atoms with van der Waals surface area (Å²) in [7, 11) is 1.55. The summed E-state index contributed by atoms with van der Waals surface area (Å²) in [6, 6.07) is 7.68. The first-order valence-corrected chi connectivity index (χ1v) is 9.74. The fraction of sp³-hybridized carbons (Fsp3) is 0.286. The summed E-state index contributed by atoms with van der Waals surface area (Å²) in [5, 5.41) is 32.5. The van der Waals surface area contributed by atoms with Gasteiger partial charge in [-0.2, -0.15) is 10.4 Å². The molecular weight excluding hydrogens is 414 g/mol. The Morgan fingerprint density at radius 1 is 1.41 bits per heavy atom. The first-order valence-electron chi connectivity index (χ1n) is 9.74. The molecule has 0 radical (unpaired) electrons. The van der Waals surface area contributed by atoms with E-state index in [-0.39, 0.29) is 23.7 Å². The van der Waals surface area contributed by atoms with Crippen molar-refractivity contribution in [2.75, 3.05) is 7.11 Å². The fourth-order valence-electron chi connectivity index (χ4n) is 4.10. The number of aryl methyl sites for hydroxylation is 2. The van der Waals surface area contributed by atoms with E-state index in [1.54, 1.807) is 31.7 Å². The number of nitriles is 1. The average molecular weight is 435 g/mol. The number of nitrogens with two attached hydrogens (primary N) is 1. The summed E-state index contributed by atoms with van der Waals surface area (Å²) in [6.07, 6.45) is 0. The van der Waals surface area contributed by atoms with E-state index < -0.39 is 10.8 Å². The number of hydrogen-bond donors (Lipinski definition) is 2. The Morgan fingerprint density at radius 3 is 2.78 bits per heavy atom. The number of fused-ring (bicyclic) bond motifs is 1. The van der Waals surface area contributed by atoms with E-state index >= 15 is 0 Å². The zero-order valence-electron chi connectivity index (χ0n) is 18.0. The summed E-state index contributed by atoms with van der Waals surface area (Å²) in [6.45, 7) is 5.36. The minimum Gasteiger partial charge on any atom is -0.496 e. The van der Waals surface area contributed by atoms with Gasteiger partial charge in [0.25, 0.3) is 0 Å². The van der Waals surface area contributed by atoms with Crippen molar-refractivity contribution >= 4 is 5.69 Å². The van der Waals surface area contributed by atoms with Crippen LogP contribution in [0, 0.1) is 42.2 Å². The minimum absolute atomic E-state index is 0.00281. The quantitative estimate of drug-likeness (QED) is 0.457. The van der Waals surface area contributed by atoms with E-state index in [1.165, 1.54) is 0 Å². The standard InChI is InChI=1S/C21H21N7O4/c1-10-17-18(15(8-22)20(23)32-21(17)25-24-10)13-5-6-16(31-4)14(7-13)9-27-12(3)19(28(29)30)11(2)26-27/h5-7,18H,9,23H2,1-4H3,(H,24,25)/t18-/m0/s1. The molecule has 32 heavy (non-hydrogen) atoms. The third kappa shape index (κ3) is 3.22. The van der Waals surface area contributed by atoms with Gasteiger partial charge in [-0.25, -0.2) is 0 Å². The molecular formula is C21H21N7O4. The number of rotatable bonds is 5. The molecule has 2 aromatic heterocycles. The molecule has 1 aliphatic heterocycles. The van der Waals surface area contributed by atoms with Gasteiger partial charge in [0.05, 0.1) is 24.5 Å². The maximum Gasteiger partial charge on any atom is 0.312 e. The largest absolute Gasteiger partial charge is 0.496 e. The summed E-state index contributed by atoms with van der Waals surface area (Å²) < 4.78 is 12.6. The first kappa shape index (κ1) is 20.9. The molecule has 4 rings (SSSR count). The van der Waals surface area contributed by atoms with Crippen molar-refractivity contribution < 1.29 is 14.4 Å². The molecule has 0 spiro atoms. The number of benzene rings is 1. The zero-order chi connectivity index (χ0) is 23.2. The van der Waals surface area contributed by atoms with Gasteiger partial charge >= 0.3 is 5.69 Å². The van der Waals surface area contributed by atoms with Gasteiger partial charge in [0, 0.05) is 16.8 Å². The molecule has 11 nitrogen and oxygen atoms in total. The van der Waals surface area contributed by atoms with Crippen LogP contribution in [-0.2, 0) is 6.54 Å². The van der Waals surface area contributed by atoms with Crippen molar-refractivity contribution in [3.8, 4) is 17.7 Å². The second-order valence-electron chi connectivity index (χ2n) is 7.50. The number of aromatic nitrogens is 4. The van der Waals surface area contributed by atoms with Crippen LogP contribution in [0.3, 0.4) is 0 Å². The summed E-state index contributed by atoms with van der Waals surface area (Å²) in [5.41, 5.74) is 10.1.